The van der Waals surface area contributed by atoms with Gasteiger partial charge < -0.3 is 15.7 Å². The first-order chi connectivity index (χ1) is 5.85. The summed E-state index contributed by atoms with van der Waals surface area (Å²) in [5.41, 5.74) is 5.41. The van der Waals surface area contributed by atoms with Crippen LogP contribution in [0.4, 0.5) is 0 Å². The number of nitrogens with zero attached hydrogens (tertiary/aromatic N) is 1. The van der Waals surface area contributed by atoms with Crippen molar-refractivity contribution in [3.63, 3.8) is 0 Å². The van der Waals surface area contributed by atoms with Gasteiger partial charge in [-0.05, 0) is 32.5 Å². The van der Waals surface area contributed by atoms with Gasteiger partial charge in [0, 0.05) is 6.54 Å². The first-order valence-electron chi connectivity index (χ1n) is 4.88. The molecule has 0 aliphatic carbocycles. The molecule has 0 unspecified atom stereocenters. The number of aliphatic hydroxyl groups excluding tert-OH is 1. The summed E-state index contributed by atoms with van der Waals surface area (Å²) in [6.45, 7) is 6.09. The quantitative estimate of drug-likeness (QED) is 0.561. The Labute approximate surface area is 75.6 Å². The Balaban J connectivity index is 3.40. The van der Waals surface area contributed by atoms with Gasteiger partial charge in [-0.15, -0.1) is 0 Å². The second kappa shape index (κ2) is 8.97. The number of hydrogen-bond acceptors (Lipinski definition) is 3. The van der Waals surface area contributed by atoms with Gasteiger partial charge in [-0.25, -0.2) is 0 Å². The molecule has 0 amide bonds. The molecule has 0 rings (SSSR count). The Kier molecular flexibility index (Phi) is 8.88. The summed E-state index contributed by atoms with van der Waals surface area (Å²) in [4.78, 5) is 2.27. The van der Waals surface area contributed by atoms with E-state index in [4.69, 9.17) is 10.8 Å². The van der Waals surface area contributed by atoms with Gasteiger partial charge in [0.25, 0.3) is 0 Å². The van der Waals surface area contributed by atoms with E-state index in [1.165, 1.54) is 12.8 Å². The van der Waals surface area contributed by atoms with E-state index in [1.54, 1.807) is 0 Å². The molecule has 0 aromatic heterocycles. The molecule has 0 saturated carbocycles. The van der Waals surface area contributed by atoms with Crippen molar-refractivity contribution < 1.29 is 5.11 Å². The molecule has 0 radical (unpaired) electrons. The third kappa shape index (κ3) is 6.58. The minimum Gasteiger partial charge on any atom is -0.395 e. The molecule has 0 aromatic carbocycles. The standard InChI is InChI=1S/C9H22N2O/c1-2-3-6-11(8-9-12)7-4-5-10/h12H,2-10H2,1H3. The third-order valence-electron chi connectivity index (χ3n) is 1.92. The van der Waals surface area contributed by atoms with Crippen LogP contribution in [0, 0.1) is 0 Å². The monoisotopic (exact) mass is 174 g/mol. The molecule has 0 aliphatic heterocycles. The molecule has 3 nitrogen and oxygen atoms in total. The summed E-state index contributed by atoms with van der Waals surface area (Å²) in [7, 11) is 0. The predicted molar refractivity (Wildman–Crippen MR) is 52.1 cm³/mol. The highest BCUT2D eigenvalue weighted by atomic mass is 16.3. The van der Waals surface area contributed by atoms with Crippen LogP contribution in [0.1, 0.15) is 26.2 Å². The zero-order valence-electron chi connectivity index (χ0n) is 8.13. The summed E-state index contributed by atoms with van der Waals surface area (Å²) in [6.07, 6.45) is 3.46. The van der Waals surface area contributed by atoms with Gasteiger partial charge in [0.2, 0.25) is 0 Å². The molecule has 74 valence electrons. The van der Waals surface area contributed by atoms with Crippen molar-refractivity contribution in [1.29, 1.82) is 0 Å². The largest absolute Gasteiger partial charge is 0.395 e. The lowest BCUT2D eigenvalue weighted by atomic mass is 10.3. The Morgan fingerprint density at radius 3 is 2.33 bits per heavy atom. The van der Waals surface area contributed by atoms with Crippen LogP contribution in [0.2, 0.25) is 0 Å². The Bertz CT molecular complexity index is 80.6. The molecule has 3 heteroatoms. The van der Waals surface area contributed by atoms with Gasteiger partial charge in [-0.2, -0.15) is 0 Å². The maximum absolute atomic E-state index is 8.76. The number of nitrogens with two attached hydrogens (primary N) is 1. The van der Waals surface area contributed by atoms with Crippen LogP contribution in [0.3, 0.4) is 0 Å². The maximum atomic E-state index is 8.76. The lowest BCUT2D eigenvalue weighted by molar-refractivity contribution is 0.193. The van der Waals surface area contributed by atoms with E-state index in [0.717, 1.165) is 32.6 Å². The van der Waals surface area contributed by atoms with Gasteiger partial charge in [0.1, 0.15) is 0 Å². The molecule has 3 N–H and O–H groups in total. The minimum atomic E-state index is 0.258. The van der Waals surface area contributed by atoms with Crippen molar-refractivity contribution in [2.24, 2.45) is 5.73 Å². The SMILES string of the molecule is CCCCN(CCO)CCCN. The highest BCUT2D eigenvalue weighted by molar-refractivity contribution is 4.57. The average molecular weight is 174 g/mol. The van der Waals surface area contributed by atoms with Crippen molar-refractivity contribution in [1.82, 2.24) is 4.90 Å². The fourth-order valence-corrected chi connectivity index (χ4v) is 1.17. The van der Waals surface area contributed by atoms with Gasteiger partial charge in [0.15, 0.2) is 0 Å². The van der Waals surface area contributed by atoms with E-state index in [1.807, 2.05) is 0 Å². The van der Waals surface area contributed by atoms with Crippen molar-refractivity contribution in [3.8, 4) is 0 Å². The van der Waals surface area contributed by atoms with Crippen LogP contribution in [-0.4, -0.2) is 42.8 Å². The molecule has 12 heavy (non-hydrogen) atoms. The summed E-state index contributed by atoms with van der Waals surface area (Å²) in [6, 6.07) is 0. The second-order valence-electron chi connectivity index (χ2n) is 3.06. The number of hydrogen-bond donors (Lipinski definition) is 2. The molecular weight excluding hydrogens is 152 g/mol. The average Bonchev–Trinajstić information content (AvgIpc) is 2.10. The van der Waals surface area contributed by atoms with Gasteiger partial charge in [-0.3, -0.25) is 0 Å². The third-order valence-corrected chi connectivity index (χ3v) is 1.92. The van der Waals surface area contributed by atoms with E-state index >= 15 is 0 Å². The minimum absolute atomic E-state index is 0.258. The van der Waals surface area contributed by atoms with Gasteiger partial charge in [0.05, 0.1) is 6.61 Å². The molecule has 0 spiro atoms. The molecule has 0 aromatic rings. The van der Waals surface area contributed by atoms with Crippen LogP contribution >= 0.6 is 0 Å². The topological polar surface area (TPSA) is 49.5 Å². The van der Waals surface area contributed by atoms with E-state index < -0.39 is 0 Å². The number of aliphatic hydroxyl groups is 1. The summed E-state index contributed by atoms with van der Waals surface area (Å²) < 4.78 is 0. The lowest BCUT2D eigenvalue weighted by Gasteiger charge is -2.20. The first kappa shape index (κ1) is 11.9. The summed E-state index contributed by atoms with van der Waals surface area (Å²) >= 11 is 0. The molecule has 0 saturated heterocycles. The van der Waals surface area contributed by atoms with Crippen LogP contribution in [0.15, 0.2) is 0 Å². The molecule has 0 bridgehead atoms. The van der Waals surface area contributed by atoms with Crippen LogP contribution in [-0.2, 0) is 0 Å². The van der Waals surface area contributed by atoms with Gasteiger partial charge >= 0.3 is 0 Å². The summed E-state index contributed by atoms with van der Waals surface area (Å²) in [5.74, 6) is 0. The predicted octanol–water partition coefficient (Wildman–Crippen LogP) is 0.430. The Morgan fingerprint density at radius 1 is 1.17 bits per heavy atom. The fraction of sp³-hybridized carbons (Fsp3) is 1.00. The van der Waals surface area contributed by atoms with Crippen LogP contribution in [0.5, 0.6) is 0 Å². The van der Waals surface area contributed by atoms with Crippen LogP contribution < -0.4 is 5.73 Å². The summed E-state index contributed by atoms with van der Waals surface area (Å²) in [5, 5.41) is 8.76. The Hall–Kier alpha value is -0.120. The van der Waals surface area contributed by atoms with Gasteiger partial charge in [-0.1, -0.05) is 13.3 Å². The highest BCUT2D eigenvalue weighted by Gasteiger charge is 2.01. The van der Waals surface area contributed by atoms with Crippen molar-refractivity contribution >= 4 is 0 Å². The number of rotatable bonds is 8. The molecule has 0 atom stereocenters. The second-order valence-corrected chi connectivity index (χ2v) is 3.06. The van der Waals surface area contributed by atoms with E-state index in [0.29, 0.717) is 0 Å². The smallest absolute Gasteiger partial charge is 0.0558 e. The molecule has 0 heterocycles. The van der Waals surface area contributed by atoms with E-state index in [2.05, 4.69) is 11.8 Å². The fourth-order valence-electron chi connectivity index (χ4n) is 1.17. The highest BCUT2D eigenvalue weighted by Crippen LogP contribution is 1.95. The lowest BCUT2D eigenvalue weighted by Crippen LogP contribution is -2.30. The van der Waals surface area contributed by atoms with Crippen molar-refractivity contribution in [3.05, 3.63) is 0 Å². The molecule has 0 fully saturated rings. The van der Waals surface area contributed by atoms with E-state index in [-0.39, 0.29) is 6.61 Å². The zero-order chi connectivity index (χ0) is 9.23. The Morgan fingerprint density at radius 2 is 1.83 bits per heavy atom. The zero-order valence-corrected chi connectivity index (χ0v) is 8.13. The maximum Gasteiger partial charge on any atom is 0.0558 e. The van der Waals surface area contributed by atoms with Crippen LogP contribution in [0.25, 0.3) is 0 Å². The number of unbranched alkanes of at least 4 members (excludes halogenated alkanes) is 1. The van der Waals surface area contributed by atoms with E-state index in [9.17, 15) is 0 Å². The van der Waals surface area contributed by atoms with Crippen molar-refractivity contribution in [2.45, 2.75) is 26.2 Å². The van der Waals surface area contributed by atoms with Crippen molar-refractivity contribution in [2.75, 3.05) is 32.8 Å². The first-order valence-corrected chi connectivity index (χ1v) is 4.88. The molecule has 0 aliphatic rings. The normalized spacial score (nSPS) is 11.0. The molecular formula is C9H22N2O.